The minimum absolute atomic E-state index is 0.147. The maximum Gasteiger partial charge on any atom is 0.275 e. The first-order valence-electron chi connectivity index (χ1n) is 9.39. The highest BCUT2D eigenvalue weighted by Gasteiger charge is 2.25. The number of amides is 1. The molecule has 1 aliphatic rings. The van der Waals surface area contributed by atoms with Crippen molar-refractivity contribution in [1.29, 1.82) is 0 Å². The van der Waals surface area contributed by atoms with Crippen LogP contribution in [0.3, 0.4) is 0 Å². The second-order valence-electron chi connectivity index (χ2n) is 6.66. The summed E-state index contributed by atoms with van der Waals surface area (Å²) >= 11 is 0. The standard InChI is InChI=1S/C20H20N6O3S/c27-20(24-16-2-1-7-22-12-16)19-14-23-13-18(25-19)15-3-5-17(6-4-15)30(28,29)26-10-8-21-9-11-26/h1-7,12-14,21H,8-11H2,(H,24,27). The number of anilines is 1. The van der Waals surface area contributed by atoms with Gasteiger partial charge in [0, 0.05) is 37.9 Å². The van der Waals surface area contributed by atoms with Gasteiger partial charge >= 0.3 is 0 Å². The quantitative estimate of drug-likeness (QED) is 0.635. The summed E-state index contributed by atoms with van der Waals surface area (Å²) in [6, 6.07) is 9.88. The Hall–Kier alpha value is -3.21. The number of pyridine rings is 1. The zero-order chi connectivity index (χ0) is 21.0. The molecule has 2 aromatic heterocycles. The van der Waals surface area contributed by atoms with Gasteiger partial charge in [-0.15, -0.1) is 0 Å². The minimum atomic E-state index is -3.53. The number of nitrogens with one attached hydrogen (secondary N) is 2. The van der Waals surface area contributed by atoms with Crippen LogP contribution in [0.15, 0.2) is 66.1 Å². The van der Waals surface area contributed by atoms with Gasteiger partial charge in [-0.05, 0) is 24.3 Å². The molecule has 0 unspecified atom stereocenters. The van der Waals surface area contributed by atoms with Crippen molar-refractivity contribution in [2.24, 2.45) is 0 Å². The fraction of sp³-hybridized carbons (Fsp3) is 0.200. The van der Waals surface area contributed by atoms with Crippen LogP contribution in [0, 0.1) is 0 Å². The maximum atomic E-state index is 12.8. The summed E-state index contributed by atoms with van der Waals surface area (Å²) in [5, 5.41) is 5.85. The Kier molecular flexibility index (Phi) is 5.79. The molecule has 1 amide bonds. The molecule has 0 spiro atoms. The summed E-state index contributed by atoms with van der Waals surface area (Å²) in [4.78, 5) is 25.1. The highest BCUT2D eigenvalue weighted by Crippen LogP contribution is 2.22. The van der Waals surface area contributed by atoms with Gasteiger partial charge in [-0.1, -0.05) is 12.1 Å². The summed E-state index contributed by atoms with van der Waals surface area (Å²) in [5.41, 5.74) is 1.84. The maximum absolute atomic E-state index is 12.8. The summed E-state index contributed by atoms with van der Waals surface area (Å²) < 4.78 is 27.0. The lowest BCUT2D eigenvalue weighted by Gasteiger charge is -2.26. The lowest BCUT2D eigenvalue weighted by atomic mass is 10.1. The molecule has 9 nitrogen and oxygen atoms in total. The lowest BCUT2D eigenvalue weighted by molar-refractivity contribution is 0.102. The van der Waals surface area contributed by atoms with E-state index in [4.69, 9.17) is 0 Å². The molecule has 2 N–H and O–H groups in total. The van der Waals surface area contributed by atoms with E-state index in [2.05, 4.69) is 25.6 Å². The Morgan fingerprint density at radius 2 is 1.77 bits per heavy atom. The second kappa shape index (κ2) is 8.66. The van der Waals surface area contributed by atoms with Gasteiger partial charge in [-0.25, -0.2) is 13.4 Å². The molecule has 3 aromatic rings. The fourth-order valence-electron chi connectivity index (χ4n) is 3.08. The smallest absolute Gasteiger partial charge is 0.275 e. The number of sulfonamides is 1. The first kappa shape index (κ1) is 20.1. The Bertz CT molecular complexity index is 1130. The Morgan fingerprint density at radius 3 is 2.47 bits per heavy atom. The number of nitrogens with zero attached hydrogens (tertiary/aromatic N) is 4. The van der Waals surface area contributed by atoms with Crippen molar-refractivity contribution in [2.45, 2.75) is 4.90 Å². The van der Waals surface area contributed by atoms with Crippen molar-refractivity contribution in [3.05, 3.63) is 66.9 Å². The van der Waals surface area contributed by atoms with Gasteiger partial charge in [0.05, 0.1) is 34.9 Å². The molecule has 10 heteroatoms. The average molecular weight is 424 g/mol. The molecular weight excluding hydrogens is 404 g/mol. The van der Waals surface area contributed by atoms with Gasteiger partial charge in [-0.3, -0.25) is 14.8 Å². The summed E-state index contributed by atoms with van der Waals surface area (Å²) in [5.74, 6) is -0.407. The summed E-state index contributed by atoms with van der Waals surface area (Å²) in [6.45, 7) is 2.18. The number of carbonyl (C=O) groups is 1. The lowest BCUT2D eigenvalue weighted by Crippen LogP contribution is -2.46. The molecular formula is C20H20N6O3S. The van der Waals surface area contributed by atoms with Crippen LogP contribution in [-0.2, 0) is 10.0 Å². The molecule has 0 atom stereocenters. The number of aromatic nitrogens is 3. The summed E-state index contributed by atoms with van der Waals surface area (Å²) in [6.07, 6.45) is 6.05. The van der Waals surface area contributed by atoms with Crippen LogP contribution in [0.25, 0.3) is 11.3 Å². The van der Waals surface area contributed by atoms with E-state index < -0.39 is 15.9 Å². The zero-order valence-electron chi connectivity index (χ0n) is 16.0. The zero-order valence-corrected chi connectivity index (χ0v) is 16.8. The van der Waals surface area contributed by atoms with Gasteiger partial charge in [0.1, 0.15) is 5.69 Å². The SMILES string of the molecule is O=C(Nc1cccnc1)c1cncc(-c2ccc(S(=O)(=O)N3CCNCC3)cc2)n1. The van der Waals surface area contributed by atoms with Crippen LogP contribution in [0.4, 0.5) is 5.69 Å². The molecule has 1 saturated heterocycles. The Morgan fingerprint density at radius 1 is 1.00 bits per heavy atom. The fourth-order valence-corrected chi connectivity index (χ4v) is 4.52. The van der Waals surface area contributed by atoms with Gasteiger partial charge in [-0.2, -0.15) is 4.31 Å². The first-order valence-corrected chi connectivity index (χ1v) is 10.8. The average Bonchev–Trinajstić information content (AvgIpc) is 2.80. The molecule has 154 valence electrons. The third kappa shape index (κ3) is 4.35. The van der Waals surface area contributed by atoms with Crippen molar-refractivity contribution in [2.75, 3.05) is 31.5 Å². The Balaban J connectivity index is 1.53. The van der Waals surface area contributed by atoms with Crippen LogP contribution in [-0.4, -0.2) is 59.8 Å². The molecule has 1 aromatic carbocycles. The molecule has 0 aliphatic carbocycles. The van der Waals surface area contributed by atoms with E-state index >= 15 is 0 Å². The van der Waals surface area contributed by atoms with Gasteiger partial charge in [0.2, 0.25) is 10.0 Å². The molecule has 1 aliphatic heterocycles. The normalized spacial score (nSPS) is 14.9. The first-order chi connectivity index (χ1) is 14.5. The van der Waals surface area contributed by atoms with E-state index in [1.807, 2.05) is 0 Å². The summed E-state index contributed by atoms with van der Waals surface area (Å²) in [7, 11) is -3.53. The van der Waals surface area contributed by atoms with E-state index in [0.29, 0.717) is 43.1 Å². The molecule has 0 bridgehead atoms. The predicted octanol–water partition coefficient (Wildman–Crippen LogP) is 1.38. The topological polar surface area (TPSA) is 117 Å². The molecule has 0 radical (unpaired) electrons. The highest BCUT2D eigenvalue weighted by atomic mass is 32.2. The van der Waals surface area contributed by atoms with E-state index in [9.17, 15) is 13.2 Å². The van der Waals surface area contributed by atoms with Crippen LogP contribution < -0.4 is 10.6 Å². The number of hydrogen-bond donors (Lipinski definition) is 2. The van der Waals surface area contributed by atoms with E-state index in [-0.39, 0.29) is 10.6 Å². The minimum Gasteiger partial charge on any atom is -0.319 e. The number of rotatable bonds is 5. The predicted molar refractivity (Wildman–Crippen MR) is 111 cm³/mol. The largest absolute Gasteiger partial charge is 0.319 e. The number of benzene rings is 1. The molecule has 0 saturated carbocycles. The Labute approximate surface area is 174 Å². The van der Waals surface area contributed by atoms with Crippen molar-refractivity contribution in [3.8, 4) is 11.3 Å². The van der Waals surface area contributed by atoms with E-state index in [1.54, 1.807) is 42.6 Å². The van der Waals surface area contributed by atoms with Gasteiger partial charge in [0.15, 0.2) is 0 Å². The highest BCUT2D eigenvalue weighted by molar-refractivity contribution is 7.89. The third-order valence-electron chi connectivity index (χ3n) is 4.65. The van der Waals surface area contributed by atoms with Crippen LogP contribution >= 0.6 is 0 Å². The number of hydrogen-bond acceptors (Lipinski definition) is 7. The van der Waals surface area contributed by atoms with Gasteiger partial charge < -0.3 is 10.6 Å². The van der Waals surface area contributed by atoms with Crippen LogP contribution in [0.2, 0.25) is 0 Å². The van der Waals surface area contributed by atoms with Crippen molar-refractivity contribution >= 4 is 21.6 Å². The van der Waals surface area contributed by atoms with Crippen LogP contribution in [0.5, 0.6) is 0 Å². The van der Waals surface area contributed by atoms with E-state index in [1.165, 1.54) is 22.9 Å². The monoisotopic (exact) mass is 424 g/mol. The van der Waals surface area contributed by atoms with E-state index in [0.717, 1.165) is 0 Å². The van der Waals surface area contributed by atoms with Crippen molar-refractivity contribution < 1.29 is 13.2 Å². The molecule has 3 heterocycles. The van der Waals surface area contributed by atoms with Crippen molar-refractivity contribution in [3.63, 3.8) is 0 Å². The molecule has 4 rings (SSSR count). The van der Waals surface area contributed by atoms with Gasteiger partial charge in [0.25, 0.3) is 5.91 Å². The third-order valence-corrected chi connectivity index (χ3v) is 6.56. The number of piperazine rings is 1. The molecule has 30 heavy (non-hydrogen) atoms. The molecule has 1 fully saturated rings. The van der Waals surface area contributed by atoms with Crippen LogP contribution in [0.1, 0.15) is 10.5 Å². The second-order valence-corrected chi connectivity index (χ2v) is 8.60. The van der Waals surface area contributed by atoms with Crippen molar-refractivity contribution in [1.82, 2.24) is 24.6 Å². The number of carbonyl (C=O) groups excluding carboxylic acids is 1.